The Kier molecular flexibility index (Phi) is 5.29. The van der Waals surface area contributed by atoms with Gasteiger partial charge in [0.15, 0.2) is 4.32 Å². The van der Waals surface area contributed by atoms with Crippen molar-refractivity contribution < 1.29 is 9.53 Å². The molecule has 0 spiro atoms. The number of anilines is 2. The fourth-order valence-electron chi connectivity index (χ4n) is 3.25. The Bertz CT molecular complexity index is 906. The van der Waals surface area contributed by atoms with Gasteiger partial charge < -0.3 is 9.64 Å². The molecule has 4 nitrogen and oxygen atoms in total. The molecule has 2 aromatic rings. The van der Waals surface area contributed by atoms with Crippen LogP contribution in [0.5, 0.6) is 0 Å². The summed E-state index contributed by atoms with van der Waals surface area (Å²) in [7, 11) is 0. The molecule has 0 bridgehead atoms. The van der Waals surface area contributed by atoms with Gasteiger partial charge in [0.05, 0.1) is 23.8 Å². The third kappa shape index (κ3) is 3.78. The van der Waals surface area contributed by atoms with E-state index in [0.717, 1.165) is 43.1 Å². The average Bonchev–Trinajstić information content (AvgIpc) is 2.98. The number of thioether (sulfide) groups is 1. The summed E-state index contributed by atoms with van der Waals surface area (Å²) >= 11 is 6.79. The number of benzene rings is 2. The first-order chi connectivity index (χ1) is 13.1. The molecule has 0 aliphatic carbocycles. The van der Waals surface area contributed by atoms with Crippen molar-refractivity contribution in [3.63, 3.8) is 0 Å². The van der Waals surface area contributed by atoms with Crippen LogP contribution >= 0.6 is 24.0 Å². The van der Waals surface area contributed by atoms with E-state index >= 15 is 0 Å². The molecule has 0 N–H and O–H groups in total. The van der Waals surface area contributed by atoms with Gasteiger partial charge >= 0.3 is 0 Å². The van der Waals surface area contributed by atoms with Crippen LogP contribution in [-0.2, 0) is 9.53 Å². The van der Waals surface area contributed by atoms with Gasteiger partial charge in [0.1, 0.15) is 0 Å². The molecular weight excluding hydrogens is 376 g/mol. The molecule has 2 fully saturated rings. The number of ether oxygens (including phenoxy) is 1. The second-order valence-corrected chi connectivity index (χ2v) is 8.17. The summed E-state index contributed by atoms with van der Waals surface area (Å²) in [5.41, 5.74) is 4.19. The van der Waals surface area contributed by atoms with Crippen LogP contribution in [-0.4, -0.2) is 36.5 Å². The fraction of sp³-hybridized carbons (Fsp3) is 0.238. The van der Waals surface area contributed by atoms with Crippen LogP contribution in [0.1, 0.15) is 11.1 Å². The number of rotatable bonds is 3. The standard InChI is InChI=1S/C21H20N2O2S2/c1-15-13-18(22-9-11-25-12-10-22)8-7-16(15)14-19-20(24)23(21(26)27-19)17-5-3-2-4-6-17/h2-8,13-14H,9-12H2,1H3/b19-14+. The highest BCUT2D eigenvalue weighted by molar-refractivity contribution is 8.27. The summed E-state index contributed by atoms with van der Waals surface area (Å²) in [5.74, 6) is -0.0622. The molecule has 27 heavy (non-hydrogen) atoms. The van der Waals surface area contributed by atoms with Gasteiger partial charge in [0, 0.05) is 18.8 Å². The molecule has 2 saturated heterocycles. The molecule has 2 aliphatic rings. The van der Waals surface area contributed by atoms with E-state index in [2.05, 4.69) is 30.0 Å². The normalized spacial score (nSPS) is 19.2. The zero-order valence-electron chi connectivity index (χ0n) is 15.1. The number of nitrogens with zero attached hydrogens (tertiary/aromatic N) is 2. The van der Waals surface area contributed by atoms with Crippen molar-refractivity contribution in [2.45, 2.75) is 6.92 Å². The third-order valence-corrected chi connectivity index (χ3v) is 6.03. The number of carbonyl (C=O) groups is 1. The molecule has 2 aliphatic heterocycles. The highest BCUT2D eigenvalue weighted by atomic mass is 32.2. The Morgan fingerprint density at radius 1 is 1.07 bits per heavy atom. The molecule has 2 heterocycles. The second kappa shape index (κ2) is 7.84. The van der Waals surface area contributed by atoms with Crippen molar-refractivity contribution in [2.24, 2.45) is 0 Å². The quantitative estimate of drug-likeness (QED) is 0.573. The summed E-state index contributed by atoms with van der Waals surface area (Å²) in [6.07, 6.45) is 1.95. The lowest BCUT2D eigenvalue weighted by atomic mass is 10.1. The predicted octanol–water partition coefficient (Wildman–Crippen LogP) is 4.24. The second-order valence-electron chi connectivity index (χ2n) is 6.49. The first-order valence-corrected chi connectivity index (χ1v) is 10.1. The van der Waals surface area contributed by atoms with Crippen LogP contribution in [0.25, 0.3) is 6.08 Å². The van der Waals surface area contributed by atoms with Crippen molar-refractivity contribution in [3.05, 3.63) is 64.6 Å². The zero-order chi connectivity index (χ0) is 18.8. The van der Waals surface area contributed by atoms with E-state index in [-0.39, 0.29) is 5.91 Å². The summed E-state index contributed by atoms with van der Waals surface area (Å²) in [6.45, 7) is 5.43. The summed E-state index contributed by atoms with van der Waals surface area (Å²) in [6, 6.07) is 15.9. The zero-order valence-corrected chi connectivity index (χ0v) is 16.7. The monoisotopic (exact) mass is 396 g/mol. The molecule has 2 aromatic carbocycles. The molecule has 6 heteroatoms. The number of morpholine rings is 1. The number of aryl methyl sites for hydroxylation is 1. The molecule has 0 saturated carbocycles. The maximum Gasteiger partial charge on any atom is 0.270 e. The van der Waals surface area contributed by atoms with Crippen molar-refractivity contribution in [1.82, 2.24) is 0 Å². The van der Waals surface area contributed by atoms with Crippen molar-refractivity contribution in [1.29, 1.82) is 0 Å². The van der Waals surface area contributed by atoms with E-state index in [4.69, 9.17) is 17.0 Å². The number of hydrogen-bond donors (Lipinski definition) is 0. The first kappa shape index (κ1) is 18.2. The van der Waals surface area contributed by atoms with Crippen LogP contribution < -0.4 is 9.80 Å². The molecule has 0 unspecified atom stereocenters. The summed E-state index contributed by atoms with van der Waals surface area (Å²) in [4.78, 5) is 17.5. The minimum atomic E-state index is -0.0622. The topological polar surface area (TPSA) is 32.8 Å². The number of carbonyl (C=O) groups excluding carboxylic acids is 1. The van der Waals surface area contributed by atoms with Gasteiger partial charge in [-0.05, 0) is 48.4 Å². The highest BCUT2D eigenvalue weighted by Gasteiger charge is 2.33. The Hall–Kier alpha value is -2.15. The molecular formula is C21H20N2O2S2. The molecule has 138 valence electrons. The van der Waals surface area contributed by atoms with Gasteiger partial charge in [-0.1, -0.05) is 48.2 Å². The Morgan fingerprint density at radius 2 is 1.81 bits per heavy atom. The Labute approximate surface area is 168 Å². The van der Waals surface area contributed by atoms with E-state index < -0.39 is 0 Å². The minimum absolute atomic E-state index is 0.0622. The van der Waals surface area contributed by atoms with Crippen LogP contribution in [0.4, 0.5) is 11.4 Å². The van der Waals surface area contributed by atoms with Crippen molar-refractivity contribution >= 4 is 51.7 Å². The molecule has 0 atom stereocenters. The fourth-order valence-corrected chi connectivity index (χ4v) is 4.54. The summed E-state index contributed by atoms with van der Waals surface area (Å²) in [5, 5.41) is 0. The van der Waals surface area contributed by atoms with Crippen LogP contribution in [0.15, 0.2) is 53.4 Å². The highest BCUT2D eigenvalue weighted by Crippen LogP contribution is 2.36. The van der Waals surface area contributed by atoms with E-state index in [0.29, 0.717) is 9.23 Å². The number of thiocarbonyl (C=S) groups is 1. The van der Waals surface area contributed by atoms with Gasteiger partial charge in [-0.25, -0.2) is 0 Å². The minimum Gasteiger partial charge on any atom is -0.378 e. The Morgan fingerprint density at radius 3 is 2.52 bits per heavy atom. The van der Waals surface area contributed by atoms with Crippen LogP contribution in [0.2, 0.25) is 0 Å². The van der Waals surface area contributed by atoms with E-state index in [1.165, 1.54) is 17.4 Å². The maximum atomic E-state index is 12.9. The summed E-state index contributed by atoms with van der Waals surface area (Å²) < 4.78 is 5.99. The lowest BCUT2D eigenvalue weighted by Gasteiger charge is -2.29. The maximum absolute atomic E-state index is 12.9. The number of para-hydroxylation sites is 1. The lowest BCUT2D eigenvalue weighted by molar-refractivity contribution is -0.113. The lowest BCUT2D eigenvalue weighted by Crippen LogP contribution is -2.36. The number of hydrogen-bond acceptors (Lipinski definition) is 5. The average molecular weight is 397 g/mol. The molecule has 0 aromatic heterocycles. The third-order valence-electron chi connectivity index (χ3n) is 4.72. The van der Waals surface area contributed by atoms with E-state index in [1.54, 1.807) is 4.90 Å². The predicted molar refractivity (Wildman–Crippen MR) is 116 cm³/mol. The smallest absolute Gasteiger partial charge is 0.270 e. The van der Waals surface area contributed by atoms with Crippen molar-refractivity contribution in [3.8, 4) is 0 Å². The van der Waals surface area contributed by atoms with Crippen LogP contribution in [0.3, 0.4) is 0 Å². The first-order valence-electron chi connectivity index (χ1n) is 8.90. The van der Waals surface area contributed by atoms with Crippen molar-refractivity contribution in [2.75, 3.05) is 36.1 Å². The van der Waals surface area contributed by atoms with Gasteiger partial charge in [0.25, 0.3) is 5.91 Å². The van der Waals surface area contributed by atoms with E-state index in [1.807, 2.05) is 36.4 Å². The SMILES string of the molecule is Cc1cc(N2CCOCC2)ccc1/C=C1/SC(=S)N(c2ccccc2)C1=O. The van der Waals surface area contributed by atoms with E-state index in [9.17, 15) is 4.79 Å². The molecule has 4 rings (SSSR count). The molecule has 0 radical (unpaired) electrons. The van der Waals surface area contributed by atoms with Gasteiger partial charge in [-0.2, -0.15) is 0 Å². The molecule has 1 amide bonds. The largest absolute Gasteiger partial charge is 0.378 e. The van der Waals surface area contributed by atoms with Gasteiger partial charge in [-0.3, -0.25) is 9.69 Å². The van der Waals surface area contributed by atoms with Crippen LogP contribution in [0, 0.1) is 6.92 Å². The number of amides is 1. The Balaban J connectivity index is 1.58. The van der Waals surface area contributed by atoms with Gasteiger partial charge in [-0.15, -0.1) is 0 Å². The van der Waals surface area contributed by atoms with Gasteiger partial charge in [0.2, 0.25) is 0 Å².